The molecule has 0 fully saturated rings. The zero-order valence-corrected chi connectivity index (χ0v) is 9.10. The highest BCUT2D eigenvalue weighted by molar-refractivity contribution is 5.45. The Morgan fingerprint density at radius 2 is 2.36 bits per heavy atom. The van der Waals surface area contributed by atoms with E-state index in [0.29, 0.717) is 0 Å². The first-order valence-electron chi connectivity index (χ1n) is 5.54. The van der Waals surface area contributed by atoms with E-state index in [2.05, 4.69) is 26.0 Å². The van der Waals surface area contributed by atoms with E-state index in [1.807, 2.05) is 0 Å². The second-order valence-corrected chi connectivity index (χ2v) is 4.09. The van der Waals surface area contributed by atoms with Crippen LogP contribution in [0.2, 0.25) is 0 Å². The van der Waals surface area contributed by atoms with Gasteiger partial charge in [0.25, 0.3) is 0 Å². The Morgan fingerprint density at radius 3 is 3.14 bits per heavy atom. The highest BCUT2D eigenvalue weighted by Gasteiger charge is 2.22. The Bertz CT molecular complexity index is 318. The van der Waals surface area contributed by atoms with Crippen molar-refractivity contribution >= 4 is 0 Å². The van der Waals surface area contributed by atoms with Gasteiger partial charge in [-0.2, -0.15) is 0 Å². The van der Waals surface area contributed by atoms with Crippen LogP contribution in [0.25, 0.3) is 0 Å². The molecule has 0 aromatic carbocycles. The summed E-state index contributed by atoms with van der Waals surface area (Å²) in [6.45, 7) is 5.21. The van der Waals surface area contributed by atoms with Gasteiger partial charge < -0.3 is 4.74 Å². The van der Waals surface area contributed by atoms with Gasteiger partial charge in [0.05, 0.1) is 0 Å². The van der Waals surface area contributed by atoms with Crippen LogP contribution in [0, 0.1) is 0 Å². The smallest absolute Gasteiger partial charge is 0.122 e. The second kappa shape index (κ2) is 4.04. The maximum Gasteiger partial charge on any atom is 0.122 e. The maximum absolute atomic E-state index is 5.77. The summed E-state index contributed by atoms with van der Waals surface area (Å²) in [5.74, 6) is 1.20. The molecule has 2 aliphatic rings. The van der Waals surface area contributed by atoms with Crippen LogP contribution in [-0.2, 0) is 4.74 Å². The van der Waals surface area contributed by atoms with E-state index < -0.39 is 0 Å². The summed E-state index contributed by atoms with van der Waals surface area (Å²) in [6.07, 6.45) is 9.19. The normalized spacial score (nSPS) is 23.6. The highest BCUT2D eigenvalue weighted by atomic mass is 16.5. The van der Waals surface area contributed by atoms with E-state index >= 15 is 0 Å². The quantitative estimate of drug-likeness (QED) is 0.644. The number of hydrogen-bond acceptors (Lipinski definition) is 1. The number of rotatable bonds is 2. The summed E-state index contributed by atoms with van der Waals surface area (Å²) in [5.41, 5.74) is 4.30. The van der Waals surface area contributed by atoms with Crippen molar-refractivity contribution in [2.45, 2.75) is 39.5 Å². The van der Waals surface area contributed by atoms with Crippen LogP contribution in [0.15, 0.2) is 34.6 Å². The molecule has 0 saturated heterocycles. The first kappa shape index (κ1) is 9.57. The van der Waals surface area contributed by atoms with E-state index in [0.717, 1.165) is 13.0 Å². The van der Waals surface area contributed by atoms with Crippen molar-refractivity contribution in [1.82, 2.24) is 0 Å². The molecule has 76 valence electrons. The first-order valence-corrected chi connectivity index (χ1v) is 5.54. The Balaban J connectivity index is 2.27. The molecule has 1 aliphatic heterocycles. The fourth-order valence-corrected chi connectivity index (χ4v) is 2.22. The lowest BCUT2D eigenvalue weighted by Crippen LogP contribution is -1.94. The predicted molar refractivity (Wildman–Crippen MR) is 59.0 cm³/mol. The Labute approximate surface area is 86.2 Å². The molecular formula is C13H18O. The van der Waals surface area contributed by atoms with E-state index in [4.69, 9.17) is 4.74 Å². The minimum atomic E-state index is 0.794. The van der Waals surface area contributed by atoms with Gasteiger partial charge in [-0.05, 0) is 37.3 Å². The molecule has 0 saturated carbocycles. The van der Waals surface area contributed by atoms with Crippen molar-refractivity contribution in [2.75, 3.05) is 6.61 Å². The van der Waals surface area contributed by atoms with E-state index in [1.165, 1.54) is 41.7 Å². The molecule has 0 radical (unpaired) electrons. The van der Waals surface area contributed by atoms with Crippen LogP contribution < -0.4 is 0 Å². The molecule has 0 atom stereocenters. The first-order chi connectivity index (χ1) is 6.83. The van der Waals surface area contributed by atoms with Crippen LogP contribution in [0.3, 0.4) is 0 Å². The van der Waals surface area contributed by atoms with Gasteiger partial charge in [0.1, 0.15) is 12.4 Å². The van der Waals surface area contributed by atoms with Crippen LogP contribution >= 0.6 is 0 Å². The van der Waals surface area contributed by atoms with E-state index in [1.54, 1.807) is 0 Å². The third kappa shape index (κ3) is 1.63. The van der Waals surface area contributed by atoms with Crippen LogP contribution in [-0.4, -0.2) is 6.61 Å². The molecule has 1 nitrogen and oxygen atoms in total. The molecule has 0 spiro atoms. The molecule has 0 unspecified atom stereocenters. The molecule has 14 heavy (non-hydrogen) atoms. The second-order valence-electron chi connectivity index (χ2n) is 4.09. The van der Waals surface area contributed by atoms with Crippen LogP contribution in [0.1, 0.15) is 39.5 Å². The average molecular weight is 190 g/mol. The minimum Gasteiger partial charge on any atom is -0.489 e. The summed E-state index contributed by atoms with van der Waals surface area (Å²) in [5, 5.41) is 0. The Kier molecular flexibility index (Phi) is 2.76. The van der Waals surface area contributed by atoms with Gasteiger partial charge in [0.2, 0.25) is 0 Å². The Morgan fingerprint density at radius 1 is 1.50 bits per heavy atom. The topological polar surface area (TPSA) is 9.23 Å². The third-order valence-electron chi connectivity index (χ3n) is 2.93. The molecule has 0 N–H and O–H groups in total. The lowest BCUT2D eigenvalue weighted by molar-refractivity contribution is 0.266. The molecule has 1 aliphatic carbocycles. The summed E-state index contributed by atoms with van der Waals surface area (Å²) >= 11 is 0. The van der Waals surface area contributed by atoms with Crippen molar-refractivity contribution in [2.24, 2.45) is 0 Å². The molecule has 2 rings (SSSR count). The van der Waals surface area contributed by atoms with Crippen molar-refractivity contribution in [3.05, 3.63) is 34.6 Å². The molecule has 1 heteroatoms. The van der Waals surface area contributed by atoms with Gasteiger partial charge in [0, 0.05) is 5.57 Å². The predicted octanol–water partition coefficient (Wildman–Crippen LogP) is 3.74. The molecule has 0 amide bonds. The van der Waals surface area contributed by atoms with Gasteiger partial charge in [-0.1, -0.05) is 25.5 Å². The fourth-order valence-electron chi connectivity index (χ4n) is 2.22. The zero-order valence-electron chi connectivity index (χ0n) is 9.10. The monoisotopic (exact) mass is 190 g/mol. The summed E-state index contributed by atoms with van der Waals surface area (Å²) in [4.78, 5) is 0. The van der Waals surface area contributed by atoms with Gasteiger partial charge in [0.15, 0.2) is 0 Å². The Hall–Kier alpha value is -0.980. The van der Waals surface area contributed by atoms with E-state index in [-0.39, 0.29) is 0 Å². The number of ether oxygens (including phenoxy) is 1. The average Bonchev–Trinajstić information content (AvgIpc) is 2.61. The van der Waals surface area contributed by atoms with Crippen molar-refractivity contribution in [3.8, 4) is 0 Å². The molecule has 1 heterocycles. The van der Waals surface area contributed by atoms with Gasteiger partial charge in [-0.25, -0.2) is 0 Å². The number of allylic oxidation sites excluding steroid dienone is 3. The highest BCUT2D eigenvalue weighted by Crippen LogP contribution is 2.35. The van der Waals surface area contributed by atoms with Gasteiger partial charge in [-0.15, -0.1) is 0 Å². The summed E-state index contributed by atoms with van der Waals surface area (Å²) in [7, 11) is 0. The lowest BCUT2D eigenvalue weighted by Gasteiger charge is -2.10. The standard InChI is InChI=1S/C13H18O/c1-3-6-10(2)13-12-8-5-4-7-11(12)9-14-13/h4,7H,3,5-6,8-9H2,1-2H3/b13-10-. The van der Waals surface area contributed by atoms with Crippen LogP contribution in [0.5, 0.6) is 0 Å². The van der Waals surface area contributed by atoms with Crippen molar-refractivity contribution in [1.29, 1.82) is 0 Å². The zero-order chi connectivity index (χ0) is 9.97. The van der Waals surface area contributed by atoms with E-state index in [9.17, 15) is 0 Å². The van der Waals surface area contributed by atoms with Crippen molar-refractivity contribution < 1.29 is 4.74 Å². The molecular weight excluding hydrogens is 172 g/mol. The molecule has 0 aromatic heterocycles. The number of hydrogen-bond donors (Lipinski definition) is 0. The lowest BCUT2D eigenvalue weighted by atomic mass is 9.96. The fraction of sp³-hybridized carbons (Fsp3) is 0.538. The minimum absolute atomic E-state index is 0.794. The maximum atomic E-state index is 5.77. The molecule has 0 aromatic rings. The van der Waals surface area contributed by atoms with Gasteiger partial charge >= 0.3 is 0 Å². The summed E-state index contributed by atoms with van der Waals surface area (Å²) in [6, 6.07) is 0. The molecule has 0 bridgehead atoms. The third-order valence-corrected chi connectivity index (χ3v) is 2.93. The van der Waals surface area contributed by atoms with Gasteiger partial charge in [-0.3, -0.25) is 0 Å². The largest absolute Gasteiger partial charge is 0.489 e. The summed E-state index contributed by atoms with van der Waals surface area (Å²) < 4.78 is 5.77. The SMILES string of the molecule is CCC/C(C)=C1\OCC2=C1CCC=C2. The van der Waals surface area contributed by atoms with Crippen molar-refractivity contribution in [3.63, 3.8) is 0 Å². The van der Waals surface area contributed by atoms with Crippen LogP contribution in [0.4, 0.5) is 0 Å².